The number of imidazole rings is 1. The maximum atomic E-state index is 11.7. The van der Waals surface area contributed by atoms with Gasteiger partial charge in [-0.05, 0) is 17.5 Å². The van der Waals surface area contributed by atoms with Crippen molar-refractivity contribution < 1.29 is 4.79 Å². The summed E-state index contributed by atoms with van der Waals surface area (Å²) < 4.78 is 0. The van der Waals surface area contributed by atoms with E-state index >= 15 is 0 Å². The van der Waals surface area contributed by atoms with Gasteiger partial charge in [0, 0.05) is 6.20 Å². The van der Waals surface area contributed by atoms with Gasteiger partial charge in [0.05, 0.1) is 16.0 Å². The number of rotatable bonds is 2. The van der Waals surface area contributed by atoms with Crippen LogP contribution in [-0.4, -0.2) is 20.9 Å². The van der Waals surface area contributed by atoms with Crippen LogP contribution in [0.25, 0.3) is 21.9 Å². The van der Waals surface area contributed by atoms with Crippen LogP contribution in [0.1, 0.15) is 10.4 Å². The number of hydrogen-bond acceptors (Lipinski definition) is 5. The Morgan fingerprint density at radius 1 is 1.47 bits per heavy atom. The summed E-state index contributed by atoms with van der Waals surface area (Å²) in [6.07, 6.45) is 3.11. The number of aromatic amines is 1. The predicted octanol–water partition coefficient (Wildman–Crippen LogP) is 1.90. The fourth-order valence-corrected chi connectivity index (χ4v) is 2.42. The molecule has 0 aliphatic carbocycles. The summed E-state index contributed by atoms with van der Waals surface area (Å²) in [4.78, 5) is 24.2. The van der Waals surface area contributed by atoms with Crippen molar-refractivity contribution in [3.05, 3.63) is 35.3 Å². The van der Waals surface area contributed by atoms with Crippen molar-refractivity contribution in [2.75, 3.05) is 0 Å². The number of carbonyl (C=O) groups excluding carboxylic acids is 1. The van der Waals surface area contributed by atoms with E-state index in [1.54, 1.807) is 23.6 Å². The van der Waals surface area contributed by atoms with Crippen LogP contribution in [0.4, 0.5) is 0 Å². The molecule has 0 fully saturated rings. The first-order valence-electron chi connectivity index (χ1n) is 5.37. The third-order valence-corrected chi connectivity index (χ3v) is 3.44. The van der Waals surface area contributed by atoms with Crippen LogP contribution in [-0.2, 0) is 0 Å². The molecule has 19 heavy (non-hydrogen) atoms. The average Bonchev–Trinajstić information content (AvgIpc) is 3.06. The van der Waals surface area contributed by atoms with Crippen LogP contribution in [0.3, 0.4) is 0 Å². The highest BCUT2D eigenvalue weighted by Gasteiger charge is 2.14. The number of nitrogens with one attached hydrogen (secondary N) is 2. The van der Waals surface area contributed by atoms with E-state index < -0.39 is 5.91 Å². The SMILES string of the molecule is N#CNC(=O)c1ccnc2nc(-c3cccs3)[nH]c12. The van der Waals surface area contributed by atoms with Crippen LogP contribution in [0.15, 0.2) is 29.8 Å². The number of fused-ring (bicyclic) bond motifs is 1. The molecule has 6 nitrogen and oxygen atoms in total. The summed E-state index contributed by atoms with van der Waals surface area (Å²) in [5.74, 6) is 0.186. The number of nitriles is 1. The van der Waals surface area contributed by atoms with Crippen LogP contribution in [0.5, 0.6) is 0 Å². The van der Waals surface area contributed by atoms with Gasteiger partial charge < -0.3 is 4.98 Å². The van der Waals surface area contributed by atoms with E-state index in [2.05, 4.69) is 20.3 Å². The van der Waals surface area contributed by atoms with Gasteiger partial charge in [-0.15, -0.1) is 11.3 Å². The monoisotopic (exact) mass is 269 g/mol. The Hall–Kier alpha value is -2.72. The zero-order valence-electron chi connectivity index (χ0n) is 9.54. The third-order valence-electron chi connectivity index (χ3n) is 2.56. The van der Waals surface area contributed by atoms with Crippen LogP contribution < -0.4 is 5.32 Å². The van der Waals surface area contributed by atoms with Crippen LogP contribution >= 0.6 is 11.3 Å². The average molecular weight is 269 g/mol. The van der Waals surface area contributed by atoms with Gasteiger partial charge in [-0.2, -0.15) is 5.26 Å². The van der Waals surface area contributed by atoms with Crippen molar-refractivity contribution in [3.8, 4) is 16.9 Å². The Labute approximate surface area is 111 Å². The molecule has 0 aromatic carbocycles. The lowest BCUT2D eigenvalue weighted by Crippen LogP contribution is -2.17. The fourth-order valence-electron chi connectivity index (χ4n) is 1.75. The molecular formula is C12H7N5OS. The molecule has 0 bridgehead atoms. The molecule has 0 radical (unpaired) electrons. The van der Waals surface area contributed by atoms with Crippen molar-refractivity contribution in [2.45, 2.75) is 0 Å². The highest BCUT2D eigenvalue weighted by Crippen LogP contribution is 2.25. The van der Waals surface area contributed by atoms with Gasteiger partial charge in [-0.25, -0.2) is 9.97 Å². The van der Waals surface area contributed by atoms with E-state index in [0.29, 0.717) is 22.6 Å². The van der Waals surface area contributed by atoms with Crippen LogP contribution in [0.2, 0.25) is 0 Å². The van der Waals surface area contributed by atoms with E-state index in [1.165, 1.54) is 6.20 Å². The first-order chi connectivity index (χ1) is 9.29. The second kappa shape index (κ2) is 4.51. The van der Waals surface area contributed by atoms with Gasteiger partial charge in [0.15, 0.2) is 17.7 Å². The Morgan fingerprint density at radius 2 is 2.37 bits per heavy atom. The minimum absolute atomic E-state index is 0.349. The van der Waals surface area contributed by atoms with E-state index in [0.717, 1.165) is 4.88 Å². The number of hydrogen-bond donors (Lipinski definition) is 2. The smallest absolute Gasteiger partial charge is 0.266 e. The van der Waals surface area contributed by atoms with Gasteiger partial charge in [0.25, 0.3) is 5.91 Å². The largest absolute Gasteiger partial charge is 0.335 e. The first kappa shape index (κ1) is 11.4. The fraction of sp³-hybridized carbons (Fsp3) is 0. The summed E-state index contributed by atoms with van der Waals surface area (Å²) in [5.41, 5.74) is 1.33. The van der Waals surface area contributed by atoms with E-state index in [1.807, 2.05) is 17.5 Å². The summed E-state index contributed by atoms with van der Waals surface area (Å²) in [5, 5.41) is 12.5. The molecule has 0 saturated heterocycles. The van der Waals surface area contributed by atoms with Gasteiger partial charge in [-0.3, -0.25) is 10.1 Å². The molecule has 1 amide bonds. The van der Waals surface area contributed by atoms with Crippen molar-refractivity contribution in [1.29, 1.82) is 5.26 Å². The van der Waals surface area contributed by atoms with Crippen molar-refractivity contribution in [3.63, 3.8) is 0 Å². The molecule has 92 valence electrons. The quantitative estimate of drug-likeness (QED) is 0.548. The number of thiophene rings is 1. The Balaban J connectivity index is 2.16. The third kappa shape index (κ3) is 1.94. The van der Waals surface area contributed by atoms with Gasteiger partial charge in [-0.1, -0.05) is 6.07 Å². The number of amides is 1. The number of pyridine rings is 1. The van der Waals surface area contributed by atoms with E-state index in [9.17, 15) is 4.79 Å². The zero-order valence-corrected chi connectivity index (χ0v) is 10.4. The molecule has 0 unspecified atom stereocenters. The molecule has 0 aliphatic rings. The molecule has 2 N–H and O–H groups in total. The van der Waals surface area contributed by atoms with Gasteiger partial charge in [0.2, 0.25) is 0 Å². The molecule has 0 spiro atoms. The lowest BCUT2D eigenvalue weighted by molar-refractivity contribution is 0.0974. The normalized spacial score (nSPS) is 10.3. The molecule has 3 aromatic heterocycles. The molecule has 3 heterocycles. The molecule has 0 atom stereocenters. The minimum atomic E-state index is -0.476. The second-order valence-electron chi connectivity index (χ2n) is 3.69. The maximum Gasteiger partial charge on any atom is 0.266 e. The lowest BCUT2D eigenvalue weighted by Gasteiger charge is -1.97. The van der Waals surface area contributed by atoms with E-state index in [-0.39, 0.29) is 0 Å². The van der Waals surface area contributed by atoms with Gasteiger partial charge >= 0.3 is 0 Å². The highest BCUT2D eigenvalue weighted by molar-refractivity contribution is 7.13. The van der Waals surface area contributed by atoms with Crippen molar-refractivity contribution in [2.24, 2.45) is 0 Å². The molecule has 7 heteroatoms. The summed E-state index contributed by atoms with van der Waals surface area (Å²) >= 11 is 1.54. The first-order valence-corrected chi connectivity index (χ1v) is 6.25. The van der Waals surface area contributed by atoms with Crippen LogP contribution in [0, 0.1) is 11.5 Å². The maximum absolute atomic E-state index is 11.7. The molecule has 0 aliphatic heterocycles. The topological polar surface area (TPSA) is 94.5 Å². The number of H-pyrrole nitrogens is 1. The summed E-state index contributed by atoms with van der Waals surface area (Å²) in [6, 6.07) is 5.40. The molecule has 3 rings (SSSR count). The highest BCUT2D eigenvalue weighted by atomic mass is 32.1. The second-order valence-corrected chi connectivity index (χ2v) is 4.63. The molecule has 3 aromatic rings. The lowest BCUT2D eigenvalue weighted by atomic mass is 10.2. The van der Waals surface area contributed by atoms with Crippen molar-refractivity contribution in [1.82, 2.24) is 20.3 Å². The van der Waals surface area contributed by atoms with Gasteiger partial charge in [0.1, 0.15) is 0 Å². The van der Waals surface area contributed by atoms with Crippen molar-refractivity contribution >= 4 is 28.4 Å². The number of aromatic nitrogens is 3. The Kier molecular flexibility index (Phi) is 2.70. The standard InChI is InChI=1S/C12H7N5OS/c13-6-15-12(18)7-3-4-14-11-9(7)16-10(17-11)8-2-1-5-19-8/h1-5H,(H,15,18)(H,14,16,17). The zero-order chi connectivity index (χ0) is 13.2. The Morgan fingerprint density at radius 3 is 3.11 bits per heavy atom. The number of carbonyl (C=O) groups is 1. The summed E-state index contributed by atoms with van der Waals surface area (Å²) in [7, 11) is 0. The molecular weight excluding hydrogens is 262 g/mol. The number of nitrogens with zero attached hydrogens (tertiary/aromatic N) is 3. The summed E-state index contributed by atoms with van der Waals surface area (Å²) in [6.45, 7) is 0. The molecule has 0 saturated carbocycles. The Bertz CT molecular complexity index is 784. The van der Waals surface area contributed by atoms with E-state index in [4.69, 9.17) is 5.26 Å². The minimum Gasteiger partial charge on any atom is -0.335 e. The predicted molar refractivity (Wildman–Crippen MR) is 70.3 cm³/mol.